The molecule has 114 valence electrons. The Labute approximate surface area is 130 Å². The average molecular weight is 305 g/mol. The van der Waals surface area contributed by atoms with Gasteiger partial charge in [-0.15, -0.1) is 11.8 Å². The maximum absolute atomic E-state index is 8.88. The molecule has 3 N–H and O–H groups in total. The molecule has 1 aliphatic heterocycles. The number of hydrogen-bond acceptors (Lipinski definition) is 4. The summed E-state index contributed by atoms with van der Waals surface area (Å²) in [7, 11) is 0. The van der Waals surface area contributed by atoms with Crippen LogP contribution >= 0.6 is 11.8 Å². The number of nitrogens with two attached hydrogens (primary N) is 1. The van der Waals surface area contributed by atoms with E-state index in [0.29, 0.717) is 24.3 Å². The Morgan fingerprint density at radius 3 is 2.86 bits per heavy atom. The van der Waals surface area contributed by atoms with Gasteiger partial charge in [0, 0.05) is 29.2 Å². The van der Waals surface area contributed by atoms with Crippen LogP contribution < -0.4 is 5.73 Å². The Bertz CT molecular complexity index is 514. The molecule has 1 aromatic rings. The highest BCUT2D eigenvalue weighted by atomic mass is 32.2. The molecule has 2 aliphatic rings. The minimum absolute atomic E-state index is 0.320. The Balaban J connectivity index is 1.72. The van der Waals surface area contributed by atoms with Crippen LogP contribution in [0.3, 0.4) is 0 Å². The summed E-state index contributed by atoms with van der Waals surface area (Å²) in [5.74, 6) is 2.01. The Kier molecular flexibility index (Phi) is 4.70. The van der Waals surface area contributed by atoms with Crippen molar-refractivity contribution in [1.82, 2.24) is 4.90 Å². The second kappa shape index (κ2) is 6.71. The van der Waals surface area contributed by atoms with E-state index in [4.69, 9.17) is 10.9 Å². The van der Waals surface area contributed by atoms with Crippen LogP contribution in [0.25, 0.3) is 0 Å². The molecule has 1 unspecified atom stereocenters. The van der Waals surface area contributed by atoms with Gasteiger partial charge in [-0.3, -0.25) is 4.90 Å². The molecule has 1 fully saturated rings. The fraction of sp³-hybridized carbons (Fsp3) is 0.562. The summed E-state index contributed by atoms with van der Waals surface area (Å²) >= 11 is 1.95. The Hall–Kier alpha value is -1.20. The van der Waals surface area contributed by atoms with Crippen LogP contribution in [0.1, 0.15) is 37.2 Å². The van der Waals surface area contributed by atoms with E-state index in [-0.39, 0.29) is 0 Å². The maximum Gasteiger partial charge on any atom is 0.153 e. The summed E-state index contributed by atoms with van der Waals surface area (Å²) in [6.45, 7) is 1.58. The van der Waals surface area contributed by atoms with Gasteiger partial charge in [-0.2, -0.15) is 0 Å². The van der Waals surface area contributed by atoms with Crippen LogP contribution in [0.4, 0.5) is 0 Å². The van der Waals surface area contributed by atoms with E-state index in [9.17, 15) is 0 Å². The summed E-state index contributed by atoms with van der Waals surface area (Å²) in [6.07, 6.45) is 5.07. The van der Waals surface area contributed by atoms with Gasteiger partial charge in [-0.05, 0) is 24.5 Å². The molecular formula is C16H23N3OS. The Morgan fingerprint density at radius 2 is 2.10 bits per heavy atom. The summed E-state index contributed by atoms with van der Waals surface area (Å²) in [4.78, 5) is 3.84. The molecule has 3 rings (SSSR count). The van der Waals surface area contributed by atoms with Crippen LogP contribution in [-0.2, 0) is 0 Å². The molecular weight excluding hydrogens is 282 g/mol. The fourth-order valence-corrected chi connectivity index (χ4v) is 4.76. The summed E-state index contributed by atoms with van der Waals surface area (Å²) in [5.41, 5.74) is 7.23. The predicted octanol–water partition coefficient (Wildman–Crippen LogP) is 2.87. The number of amidine groups is 1. The SMILES string of the molecule is NC(CN(CC1CSc2ccccc21)C1CCCC1)=NO. The lowest BCUT2D eigenvalue weighted by Gasteiger charge is -2.30. The maximum atomic E-state index is 8.88. The number of rotatable bonds is 5. The lowest BCUT2D eigenvalue weighted by atomic mass is 9.99. The molecule has 4 nitrogen and oxygen atoms in total. The topological polar surface area (TPSA) is 61.8 Å². The van der Waals surface area contributed by atoms with Gasteiger partial charge in [0.05, 0.1) is 6.54 Å². The third-order valence-electron chi connectivity index (χ3n) is 4.59. The molecule has 5 heteroatoms. The van der Waals surface area contributed by atoms with Gasteiger partial charge in [0.2, 0.25) is 0 Å². The monoisotopic (exact) mass is 305 g/mol. The zero-order chi connectivity index (χ0) is 14.7. The minimum Gasteiger partial charge on any atom is -0.409 e. The molecule has 21 heavy (non-hydrogen) atoms. The molecule has 0 bridgehead atoms. The van der Waals surface area contributed by atoms with Crippen molar-refractivity contribution < 1.29 is 5.21 Å². The van der Waals surface area contributed by atoms with Gasteiger partial charge >= 0.3 is 0 Å². The molecule has 1 aromatic carbocycles. The first-order valence-corrected chi connectivity index (χ1v) is 8.68. The van der Waals surface area contributed by atoms with Crippen molar-refractivity contribution in [2.75, 3.05) is 18.8 Å². The molecule has 1 aliphatic carbocycles. The summed E-state index contributed by atoms with van der Waals surface area (Å²) < 4.78 is 0. The van der Waals surface area contributed by atoms with E-state index >= 15 is 0 Å². The molecule has 0 radical (unpaired) electrons. The largest absolute Gasteiger partial charge is 0.409 e. The highest BCUT2D eigenvalue weighted by molar-refractivity contribution is 7.99. The smallest absolute Gasteiger partial charge is 0.153 e. The van der Waals surface area contributed by atoms with Crippen molar-refractivity contribution in [2.24, 2.45) is 10.9 Å². The van der Waals surface area contributed by atoms with Gasteiger partial charge in [0.25, 0.3) is 0 Å². The molecule has 1 atom stereocenters. The van der Waals surface area contributed by atoms with E-state index < -0.39 is 0 Å². The van der Waals surface area contributed by atoms with Gasteiger partial charge in [0.15, 0.2) is 5.84 Å². The first-order valence-electron chi connectivity index (χ1n) is 7.70. The highest BCUT2D eigenvalue weighted by Gasteiger charge is 2.29. The first kappa shape index (κ1) is 14.7. The number of oxime groups is 1. The number of hydrogen-bond donors (Lipinski definition) is 2. The minimum atomic E-state index is 0.320. The third-order valence-corrected chi connectivity index (χ3v) is 5.84. The normalized spacial score (nSPS) is 22.9. The van der Waals surface area contributed by atoms with Gasteiger partial charge in [-0.1, -0.05) is 36.2 Å². The van der Waals surface area contributed by atoms with E-state index in [0.717, 1.165) is 12.3 Å². The van der Waals surface area contributed by atoms with Crippen molar-refractivity contribution in [3.05, 3.63) is 29.8 Å². The van der Waals surface area contributed by atoms with Crippen LogP contribution in [0.15, 0.2) is 34.3 Å². The van der Waals surface area contributed by atoms with Crippen LogP contribution in [0.2, 0.25) is 0 Å². The molecule has 0 saturated heterocycles. The molecule has 0 aromatic heterocycles. The number of benzene rings is 1. The first-order chi connectivity index (χ1) is 10.3. The average Bonchev–Trinajstić information content (AvgIpc) is 3.16. The van der Waals surface area contributed by atoms with E-state index in [1.165, 1.54) is 36.1 Å². The second-order valence-corrected chi connectivity index (χ2v) is 7.07. The Morgan fingerprint density at radius 1 is 1.33 bits per heavy atom. The molecule has 0 spiro atoms. The van der Waals surface area contributed by atoms with Gasteiger partial charge in [-0.25, -0.2) is 0 Å². The fourth-order valence-electron chi connectivity index (χ4n) is 3.52. The summed E-state index contributed by atoms with van der Waals surface area (Å²) in [6, 6.07) is 9.28. The van der Waals surface area contributed by atoms with Crippen molar-refractivity contribution in [1.29, 1.82) is 0 Å². The van der Waals surface area contributed by atoms with Crippen molar-refractivity contribution in [3.8, 4) is 0 Å². The van der Waals surface area contributed by atoms with E-state index in [2.05, 4.69) is 34.3 Å². The standard InChI is InChI=1S/C16H23N3OS/c17-16(18-20)10-19(13-5-1-2-6-13)9-12-11-21-15-8-4-3-7-14(12)15/h3-4,7-8,12-13,20H,1-2,5-6,9-11H2,(H2,17,18). The van der Waals surface area contributed by atoms with Crippen molar-refractivity contribution in [2.45, 2.75) is 42.5 Å². The van der Waals surface area contributed by atoms with E-state index in [1.54, 1.807) is 0 Å². The van der Waals surface area contributed by atoms with Crippen LogP contribution in [0.5, 0.6) is 0 Å². The third kappa shape index (κ3) is 3.35. The number of fused-ring (bicyclic) bond motifs is 1. The predicted molar refractivity (Wildman–Crippen MR) is 87.1 cm³/mol. The molecule has 1 heterocycles. The highest BCUT2D eigenvalue weighted by Crippen LogP contribution is 2.40. The lowest BCUT2D eigenvalue weighted by molar-refractivity contribution is 0.213. The quantitative estimate of drug-likeness (QED) is 0.380. The number of thioether (sulfide) groups is 1. The lowest BCUT2D eigenvalue weighted by Crippen LogP contribution is -2.42. The van der Waals surface area contributed by atoms with E-state index in [1.807, 2.05) is 11.8 Å². The second-order valence-electron chi connectivity index (χ2n) is 6.00. The zero-order valence-electron chi connectivity index (χ0n) is 12.2. The summed E-state index contributed by atoms with van der Waals surface area (Å²) in [5, 5.41) is 12.0. The zero-order valence-corrected chi connectivity index (χ0v) is 13.1. The van der Waals surface area contributed by atoms with Crippen LogP contribution in [-0.4, -0.2) is 40.8 Å². The number of nitrogens with zero attached hydrogens (tertiary/aromatic N) is 2. The molecule has 1 saturated carbocycles. The van der Waals surface area contributed by atoms with Gasteiger partial charge in [0.1, 0.15) is 0 Å². The molecule has 0 amide bonds. The van der Waals surface area contributed by atoms with Gasteiger partial charge < -0.3 is 10.9 Å². The van der Waals surface area contributed by atoms with Crippen molar-refractivity contribution in [3.63, 3.8) is 0 Å². The van der Waals surface area contributed by atoms with Crippen molar-refractivity contribution >= 4 is 17.6 Å². The van der Waals surface area contributed by atoms with Crippen LogP contribution in [0, 0.1) is 0 Å².